The molecule has 28 heavy (non-hydrogen) atoms. The second-order valence-corrected chi connectivity index (χ2v) is 7.79. The first-order valence-electron chi connectivity index (χ1n) is 8.08. The van der Waals surface area contributed by atoms with E-state index in [-0.39, 0.29) is 22.3 Å². The molecule has 0 spiro atoms. The fourth-order valence-corrected chi connectivity index (χ4v) is 3.58. The minimum atomic E-state index is -3.86. The summed E-state index contributed by atoms with van der Waals surface area (Å²) in [5.41, 5.74) is 1.30. The number of sulfonamides is 1. The van der Waals surface area contributed by atoms with Crippen LogP contribution in [0, 0.1) is 0 Å². The predicted octanol–water partition coefficient (Wildman–Crippen LogP) is 3.26. The van der Waals surface area contributed by atoms with Gasteiger partial charge >= 0.3 is 0 Å². The summed E-state index contributed by atoms with van der Waals surface area (Å²) in [6.07, 6.45) is 2.76. The molecule has 2 aromatic carbocycles. The third-order valence-corrected chi connectivity index (χ3v) is 5.37. The molecule has 0 aliphatic carbocycles. The van der Waals surface area contributed by atoms with E-state index in [1.807, 2.05) is 0 Å². The first kappa shape index (κ1) is 19.7. The van der Waals surface area contributed by atoms with Crippen molar-refractivity contribution < 1.29 is 18.3 Å². The Morgan fingerprint density at radius 2 is 1.82 bits per heavy atom. The summed E-state index contributed by atoms with van der Waals surface area (Å²) in [7, 11) is -2.48. The number of halogens is 1. The molecule has 0 fully saturated rings. The highest BCUT2D eigenvalue weighted by molar-refractivity contribution is 7.92. The Labute approximate surface area is 167 Å². The molecule has 0 aliphatic heterocycles. The third-order valence-electron chi connectivity index (χ3n) is 3.78. The number of hydrogen-bond donors (Lipinski definition) is 3. The van der Waals surface area contributed by atoms with Crippen LogP contribution in [-0.2, 0) is 16.6 Å². The molecule has 0 radical (unpaired) electrons. The van der Waals surface area contributed by atoms with E-state index in [0.29, 0.717) is 22.8 Å². The van der Waals surface area contributed by atoms with Gasteiger partial charge in [-0.25, -0.2) is 18.4 Å². The minimum absolute atomic E-state index is 0.00336. The Morgan fingerprint density at radius 3 is 2.54 bits per heavy atom. The topological polar surface area (TPSA) is 113 Å². The van der Waals surface area contributed by atoms with Crippen molar-refractivity contribution in [1.82, 2.24) is 9.97 Å². The lowest BCUT2D eigenvalue weighted by Gasteiger charge is -2.11. The number of methoxy groups -OCH3 is 1. The Bertz CT molecular complexity index is 1080. The van der Waals surface area contributed by atoms with Crippen molar-refractivity contribution in [3.63, 3.8) is 0 Å². The van der Waals surface area contributed by atoms with E-state index < -0.39 is 10.0 Å². The molecule has 0 saturated heterocycles. The van der Waals surface area contributed by atoms with Gasteiger partial charge in [0, 0.05) is 35.2 Å². The van der Waals surface area contributed by atoms with E-state index in [0.717, 1.165) is 0 Å². The minimum Gasteiger partial charge on any atom is -0.508 e. The van der Waals surface area contributed by atoms with Crippen LogP contribution in [0.25, 0.3) is 0 Å². The Balaban J connectivity index is 1.71. The zero-order valence-electron chi connectivity index (χ0n) is 14.8. The summed E-state index contributed by atoms with van der Waals surface area (Å²) < 4.78 is 32.4. The summed E-state index contributed by atoms with van der Waals surface area (Å²) in [5.74, 6) is 0.201. The van der Waals surface area contributed by atoms with Crippen molar-refractivity contribution in [2.75, 3.05) is 17.1 Å². The molecule has 0 amide bonds. The molecule has 0 saturated carbocycles. The fourth-order valence-electron chi connectivity index (χ4n) is 2.38. The molecule has 8 nitrogen and oxygen atoms in total. The maximum atomic E-state index is 12.5. The van der Waals surface area contributed by atoms with E-state index in [4.69, 9.17) is 16.3 Å². The number of phenols is 1. The van der Waals surface area contributed by atoms with Crippen LogP contribution in [0.1, 0.15) is 5.56 Å². The summed E-state index contributed by atoms with van der Waals surface area (Å²) in [6.45, 7) is 0.327. The second kappa shape index (κ2) is 8.32. The monoisotopic (exact) mass is 420 g/mol. The molecule has 0 atom stereocenters. The van der Waals surface area contributed by atoms with Gasteiger partial charge in [-0.2, -0.15) is 0 Å². The highest BCUT2D eigenvalue weighted by atomic mass is 35.5. The number of nitrogens with zero attached hydrogens (tertiary/aromatic N) is 2. The molecule has 146 valence electrons. The molecule has 1 aromatic heterocycles. The molecule has 3 N–H and O–H groups in total. The summed E-state index contributed by atoms with van der Waals surface area (Å²) in [5, 5.41) is 13.5. The number of nitrogens with one attached hydrogen (secondary N) is 2. The van der Waals surface area contributed by atoms with Crippen molar-refractivity contribution in [1.29, 1.82) is 0 Å². The molecular weight excluding hydrogens is 404 g/mol. The number of anilines is 2. The van der Waals surface area contributed by atoms with E-state index in [1.165, 1.54) is 37.7 Å². The lowest BCUT2D eigenvalue weighted by molar-refractivity contribution is 0.398. The molecule has 0 unspecified atom stereocenters. The van der Waals surface area contributed by atoms with Gasteiger partial charge in [0.25, 0.3) is 15.9 Å². The van der Waals surface area contributed by atoms with Crippen molar-refractivity contribution in [3.8, 4) is 11.6 Å². The molecule has 0 aliphatic rings. The zero-order chi connectivity index (χ0) is 20.1. The Morgan fingerprint density at radius 1 is 1.11 bits per heavy atom. The van der Waals surface area contributed by atoms with Crippen LogP contribution in [-0.4, -0.2) is 30.6 Å². The fraction of sp³-hybridized carbons (Fsp3) is 0.111. The van der Waals surface area contributed by atoms with Gasteiger partial charge in [0.2, 0.25) is 5.82 Å². The molecule has 1 heterocycles. The van der Waals surface area contributed by atoms with E-state index in [9.17, 15) is 13.5 Å². The first-order valence-corrected chi connectivity index (χ1v) is 9.94. The maximum absolute atomic E-state index is 12.5. The highest BCUT2D eigenvalue weighted by Gasteiger charge is 2.18. The van der Waals surface area contributed by atoms with Crippen LogP contribution in [0.15, 0.2) is 59.8 Å². The number of ether oxygens (including phenoxy) is 1. The first-order chi connectivity index (χ1) is 13.4. The second-order valence-electron chi connectivity index (χ2n) is 5.67. The Kier molecular flexibility index (Phi) is 5.86. The van der Waals surface area contributed by atoms with Gasteiger partial charge in [0.1, 0.15) is 5.75 Å². The van der Waals surface area contributed by atoms with Crippen molar-refractivity contribution in [2.45, 2.75) is 11.4 Å². The molecule has 3 aromatic rings. The van der Waals surface area contributed by atoms with Crippen LogP contribution < -0.4 is 14.8 Å². The summed E-state index contributed by atoms with van der Waals surface area (Å²) >= 11 is 5.93. The van der Waals surface area contributed by atoms with Gasteiger partial charge < -0.3 is 15.2 Å². The molecule has 0 bridgehead atoms. The van der Waals surface area contributed by atoms with Crippen molar-refractivity contribution >= 4 is 33.1 Å². The zero-order valence-corrected chi connectivity index (χ0v) is 16.3. The summed E-state index contributed by atoms with van der Waals surface area (Å²) in [6, 6.07) is 10.9. The normalized spacial score (nSPS) is 11.1. The molecular formula is C18H17ClN4O4S. The van der Waals surface area contributed by atoms with E-state index in [2.05, 4.69) is 20.0 Å². The lowest BCUT2D eigenvalue weighted by Crippen LogP contribution is -2.15. The molecule has 3 rings (SSSR count). The third kappa shape index (κ3) is 4.62. The van der Waals surface area contributed by atoms with E-state index in [1.54, 1.807) is 24.3 Å². The van der Waals surface area contributed by atoms with Crippen LogP contribution in [0.2, 0.25) is 5.02 Å². The van der Waals surface area contributed by atoms with E-state index >= 15 is 0 Å². The van der Waals surface area contributed by atoms with Crippen molar-refractivity contribution in [2.24, 2.45) is 0 Å². The number of aromatic hydroxyl groups is 1. The van der Waals surface area contributed by atoms with Gasteiger partial charge in [-0.05, 0) is 42.5 Å². The van der Waals surface area contributed by atoms with Crippen LogP contribution in [0.3, 0.4) is 0 Å². The predicted molar refractivity (Wildman–Crippen MR) is 106 cm³/mol. The smallest absolute Gasteiger partial charge is 0.263 e. The average Bonchev–Trinajstić information content (AvgIpc) is 2.69. The highest BCUT2D eigenvalue weighted by Crippen LogP contribution is 2.24. The van der Waals surface area contributed by atoms with Gasteiger partial charge in [-0.3, -0.25) is 4.72 Å². The lowest BCUT2D eigenvalue weighted by atomic mass is 10.2. The average molecular weight is 421 g/mol. The number of aromatic nitrogens is 2. The standard InChI is InChI=1S/C18H17ClN4O4S/c1-27-18-17(20-8-9-21-18)23-28(25,26)15-5-3-14(4-6-15)22-11-12-10-13(19)2-7-16(12)24/h2-10,22,24H,11H2,1H3,(H,20,23). The number of benzene rings is 2. The number of rotatable bonds is 7. The number of hydrogen-bond acceptors (Lipinski definition) is 7. The largest absolute Gasteiger partial charge is 0.508 e. The van der Waals surface area contributed by atoms with Crippen LogP contribution in [0.4, 0.5) is 11.5 Å². The summed E-state index contributed by atoms with van der Waals surface area (Å²) in [4.78, 5) is 7.89. The van der Waals surface area contributed by atoms with Gasteiger partial charge in [0.15, 0.2) is 0 Å². The molecule has 10 heteroatoms. The van der Waals surface area contributed by atoms with Crippen LogP contribution >= 0.6 is 11.6 Å². The van der Waals surface area contributed by atoms with Gasteiger partial charge in [0.05, 0.1) is 12.0 Å². The SMILES string of the molecule is COc1nccnc1NS(=O)(=O)c1ccc(NCc2cc(Cl)ccc2O)cc1. The maximum Gasteiger partial charge on any atom is 0.263 e. The van der Waals surface area contributed by atoms with Crippen molar-refractivity contribution in [3.05, 3.63) is 65.4 Å². The Hall–Kier alpha value is -3.04. The van der Waals surface area contributed by atoms with Crippen LogP contribution in [0.5, 0.6) is 11.6 Å². The van der Waals surface area contributed by atoms with Gasteiger partial charge in [-0.1, -0.05) is 11.6 Å². The van der Waals surface area contributed by atoms with Gasteiger partial charge in [-0.15, -0.1) is 0 Å². The quantitative estimate of drug-likeness (QED) is 0.537. The number of phenolic OH excluding ortho intramolecular Hbond substituents is 1.